The highest BCUT2D eigenvalue weighted by atomic mass is 35.5. The Bertz CT molecular complexity index is 1270. The number of rotatable bonds is 0. The SMILES string of the molecule is N#Cc1cnn2c(Cl)c(F)c(Cl)nc12.N#Cc1cnn2cc(F)c(Cl)nc12. The third kappa shape index (κ3) is 3.34. The predicted molar refractivity (Wildman–Crippen MR) is 90.4 cm³/mol. The summed E-state index contributed by atoms with van der Waals surface area (Å²) in [5.41, 5.74) is 0.855. The average Bonchev–Trinajstić information content (AvgIpc) is 3.24. The lowest BCUT2D eigenvalue weighted by atomic mass is 10.4. The summed E-state index contributed by atoms with van der Waals surface area (Å²) < 4.78 is 28.1. The summed E-state index contributed by atoms with van der Waals surface area (Å²) in [7, 11) is 0. The van der Waals surface area contributed by atoms with E-state index in [1.807, 2.05) is 12.1 Å². The first kappa shape index (κ1) is 18.7. The maximum atomic E-state index is 13.1. The Morgan fingerprint density at radius 1 is 0.889 bits per heavy atom. The number of fused-ring (bicyclic) bond motifs is 2. The zero-order valence-corrected chi connectivity index (χ0v) is 15.0. The van der Waals surface area contributed by atoms with Crippen molar-refractivity contribution in [3.05, 3.63) is 56.8 Å². The minimum atomic E-state index is -0.853. The molecule has 4 aromatic heterocycles. The molecule has 0 aromatic carbocycles. The minimum Gasteiger partial charge on any atom is -0.218 e. The molecule has 0 N–H and O–H groups in total. The van der Waals surface area contributed by atoms with Crippen LogP contribution in [0, 0.1) is 34.3 Å². The first-order valence-electron chi connectivity index (χ1n) is 6.75. The van der Waals surface area contributed by atoms with Crippen LogP contribution in [0.25, 0.3) is 11.3 Å². The van der Waals surface area contributed by atoms with Crippen LogP contribution in [0.5, 0.6) is 0 Å². The molecule has 27 heavy (non-hydrogen) atoms. The van der Waals surface area contributed by atoms with Gasteiger partial charge in [0.15, 0.2) is 38.4 Å². The Morgan fingerprint density at radius 3 is 2.15 bits per heavy atom. The van der Waals surface area contributed by atoms with Crippen LogP contribution in [0.4, 0.5) is 8.78 Å². The fourth-order valence-electron chi connectivity index (χ4n) is 1.94. The van der Waals surface area contributed by atoms with Crippen molar-refractivity contribution in [1.29, 1.82) is 10.5 Å². The quantitative estimate of drug-likeness (QED) is 0.398. The van der Waals surface area contributed by atoms with Crippen molar-refractivity contribution < 1.29 is 8.78 Å². The van der Waals surface area contributed by atoms with Gasteiger partial charge in [-0.15, -0.1) is 0 Å². The highest BCUT2D eigenvalue weighted by Gasteiger charge is 2.15. The Labute approximate surface area is 163 Å². The van der Waals surface area contributed by atoms with Gasteiger partial charge in [-0.2, -0.15) is 25.2 Å². The van der Waals surface area contributed by atoms with Crippen molar-refractivity contribution in [3.63, 3.8) is 0 Å². The highest BCUT2D eigenvalue weighted by molar-refractivity contribution is 6.33. The number of aromatic nitrogens is 6. The molecule has 0 unspecified atom stereocenters. The van der Waals surface area contributed by atoms with Gasteiger partial charge in [0.05, 0.1) is 18.6 Å². The molecule has 0 saturated carbocycles. The molecule has 0 aliphatic carbocycles. The molecular formula is C14H3Cl3F2N8. The van der Waals surface area contributed by atoms with Crippen molar-refractivity contribution in [3.8, 4) is 12.1 Å². The zero-order valence-electron chi connectivity index (χ0n) is 12.7. The second kappa shape index (κ2) is 7.29. The number of nitriles is 2. The normalized spacial score (nSPS) is 10.3. The van der Waals surface area contributed by atoms with Gasteiger partial charge in [0.25, 0.3) is 0 Å². The molecule has 0 atom stereocenters. The van der Waals surface area contributed by atoms with E-state index in [-0.39, 0.29) is 37.9 Å². The second-order valence-electron chi connectivity index (χ2n) is 4.73. The van der Waals surface area contributed by atoms with E-state index in [9.17, 15) is 8.78 Å². The van der Waals surface area contributed by atoms with Gasteiger partial charge >= 0.3 is 0 Å². The summed E-state index contributed by atoms with van der Waals surface area (Å²) in [6.45, 7) is 0. The minimum absolute atomic E-state index is 0.143. The summed E-state index contributed by atoms with van der Waals surface area (Å²) >= 11 is 16.5. The van der Waals surface area contributed by atoms with Crippen LogP contribution in [0.3, 0.4) is 0 Å². The van der Waals surface area contributed by atoms with E-state index < -0.39 is 11.6 Å². The molecular weight excluding hydrogens is 425 g/mol. The van der Waals surface area contributed by atoms with Crippen molar-refractivity contribution >= 4 is 46.1 Å². The molecule has 134 valence electrons. The molecule has 0 radical (unpaired) electrons. The van der Waals surface area contributed by atoms with Crippen LogP contribution < -0.4 is 0 Å². The van der Waals surface area contributed by atoms with E-state index in [0.717, 1.165) is 10.7 Å². The molecule has 4 heterocycles. The summed E-state index contributed by atoms with van der Waals surface area (Å²) in [6.07, 6.45) is 3.62. The molecule has 0 amide bonds. The van der Waals surface area contributed by atoms with E-state index in [0.29, 0.717) is 0 Å². The molecule has 0 spiro atoms. The molecule has 8 nitrogen and oxygen atoms in total. The lowest BCUT2D eigenvalue weighted by Gasteiger charge is -1.99. The standard InChI is InChI=1S/C7HCl2FN4.C7H2ClFN4/c8-5-4(10)6(9)14-7(13-5)3(1-11)2-12-14;8-6-5(9)3-13-7(12-6)4(1-10)2-11-13/h2H;2-3H. The van der Waals surface area contributed by atoms with Crippen molar-refractivity contribution in [1.82, 2.24) is 29.2 Å². The monoisotopic (exact) mass is 426 g/mol. The largest absolute Gasteiger partial charge is 0.218 e. The predicted octanol–water partition coefficient (Wildman–Crippen LogP) is 3.44. The smallest absolute Gasteiger partial charge is 0.197 e. The molecule has 0 fully saturated rings. The third-order valence-electron chi connectivity index (χ3n) is 3.14. The van der Waals surface area contributed by atoms with E-state index in [4.69, 9.17) is 45.3 Å². The summed E-state index contributed by atoms with van der Waals surface area (Å²) in [5.74, 6) is -1.52. The Hall–Kier alpha value is -3.05. The van der Waals surface area contributed by atoms with Crippen LogP contribution >= 0.6 is 34.8 Å². The molecule has 0 aliphatic rings. The molecule has 4 rings (SSSR count). The van der Waals surface area contributed by atoms with E-state index >= 15 is 0 Å². The van der Waals surface area contributed by atoms with Crippen molar-refractivity contribution in [2.45, 2.75) is 0 Å². The number of hydrogen-bond donors (Lipinski definition) is 0. The Morgan fingerprint density at radius 2 is 1.48 bits per heavy atom. The fourth-order valence-corrected chi connectivity index (χ4v) is 2.50. The highest BCUT2D eigenvalue weighted by Crippen LogP contribution is 2.23. The average molecular weight is 428 g/mol. The molecule has 13 heteroatoms. The Kier molecular flexibility index (Phi) is 5.06. The van der Waals surface area contributed by atoms with Crippen LogP contribution in [0.1, 0.15) is 11.1 Å². The van der Waals surface area contributed by atoms with Gasteiger partial charge in [-0.25, -0.2) is 23.3 Å². The first-order valence-corrected chi connectivity index (χ1v) is 7.88. The Balaban J connectivity index is 0.000000156. The van der Waals surface area contributed by atoms with E-state index in [1.54, 1.807) is 0 Å². The van der Waals surface area contributed by atoms with Crippen LogP contribution in [-0.4, -0.2) is 29.2 Å². The first-order chi connectivity index (χ1) is 12.9. The van der Waals surface area contributed by atoms with Crippen molar-refractivity contribution in [2.75, 3.05) is 0 Å². The van der Waals surface area contributed by atoms with Crippen LogP contribution in [0.2, 0.25) is 15.5 Å². The van der Waals surface area contributed by atoms with Crippen LogP contribution in [0.15, 0.2) is 18.6 Å². The molecule has 0 aliphatic heterocycles. The summed E-state index contributed by atoms with van der Waals surface area (Å²) in [4.78, 5) is 7.33. The molecule has 0 bridgehead atoms. The van der Waals surface area contributed by atoms with Gasteiger partial charge in [-0.1, -0.05) is 34.8 Å². The number of nitrogens with zero attached hydrogens (tertiary/aromatic N) is 8. The zero-order chi connectivity index (χ0) is 19.7. The lowest BCUT2D eigenvalue weighted by Crippen LogP contribution is -1.97. The third-order valence-corrected chi connectivity index (χ3v) is 3.98. The van der Waals surface area contributed by atoms with Crippen molar-refractivity contribution in [2.24, 2.45) is 0 Å². The number of halogens is 5. The number of hydrogen-bond acceptors (Lipinski definition) is 6. The molecule has 0 saturated heterocycles. The van der Waals surface area contributed by atoms with Crippen LogP contribution in [-0.2, 0) is 0 Å². The van der Waals surface area contributed by atoms with Gasteiger partial charge in [-0.05, 0) is 0 Å². The van der Waals surface area contributed by atoms with Gasteiger partial charge in [0, 0.05) is 0 Å². The fraction of sp³-hybridized carbons (Fsp3) is 0. The lowest BCUT2D eigenvalue weighted by molar-refractivity contribution is 0.607. The van der Waals surface area contributed by atoms with Gasteiger partial charge in [0.2, 0.25) is 0 Å². The van der Waals surface area contributed by atoms with E-state index in [2.05, 4.69) is 20.2 Å². The topological polar surface area (TPSA) is 108 Å². The molecule has 4 aromatic rings. The maximum Gasteiger partial charge on any atom is 0.197 e. The maximum absolute atomic E-state index is 13.1. The van der Waals surface area contributed by atoms with Gasteiger partial charge in [0.1, 0.15) is 23.3 Å². The second-order valence-corrected chi connectivity index (χ2v) is 5.80. The summed E-state index contributed by atoms with van der Waals surface area (Å²) in [6, 6.07) is 3.71. The van der Waals surface area contributed by atoms with E-state index in [1.165, 1.54) is 16.9 Å². The van der Waals surface area contributed by atoms with Gasteiger partial charge in [-0.3, -0.25) is 0 Å². The van der Waals surface area contributed by atoms with Gasteiger partial charge < -0.3 is 0 Å². The summed E-state index contributed by atoms with van der Waals surface area (Å²) in [5, 5.41) is 23.7.